The van der Waals surface area contributed by atoms with Gasteiger partial charge in [0.15, 0.2) is 0 Å². The molecule has 0 aromatic carbocycles. The maximum atomic E-state index is 12.7. The van der Waals surface area contributed by atoms with Crippen molar-refractivity contribution in [1.82, 2.24) is 25.3 Å². The summed E-state index contributed by atoms with van der Waals surface area (Å²) in [5, 5.41) is 20.1. The van der Waals surface area contributed by atoms with Crippen LogP contribution in [0.15, 0.2) is 21.2 Å². The average molecular weight is 414 g/mol. The van der Waals surface area contributed by atoms with Gasteiger partial charge in [-0.3, -0.25) is 9.48 Å². The predicted octanol–water partition coefficient (Wildman–Crippen LogP) is 4.11. The van der Waals surface area contributed by atoms with Crippen molar-refractivity contribution in [2.45, 2.75) is 51.9 Å². The molecule has 0 saturated heterocycles. The Bertz CT molecular complexity index is 968. The third kappa shape index (κ3) is 4.12. The molecule has 0 aliphatic heterocycles. The van der Waals surface area contributed by atoms with Crippen LogP contribution in [0.2, 0.25) is 0 Å². The molecule has 3 aromatic rings. The van der Waals surface area contributed by atoms with Gasteiger partial charge in [-0.25, -0.2) is 0 Å². The molecule has 1 N–H and O–H groups in total. The summed E-state index contributed by atoms with van der Waals surface area (Å²) < 4.78 is 7.60. The molecule has 154 valence electrons. The average Bonchev–Trinajstić information content (AvgIpc) is 3.47. The number of amides is 1. The monoisotopic (exact) mass is 413 g/mol. The van der Waals surface area contributed by atoms with Crippen LogP contribution in [0.1, 0.15) is 66.2 Å². The molecule has 0 atom stereocenters. The van der Waals surface area contributed by atoms with Crippen LogP contribution in [0.3, 0.4) is 0 Å². The molecule has 0 radical (unpaired) electrons. The highest BCUT2D eigenvalue weighted by Crippen LogP contribution is 2.36. The first kappa shape index (κ1) is 19.8. The number of carbonyl (C=O) groups excluding carboxylic acids is 1. The fourth-order valence-corrected chi connectivity index (χ4v) is 4.80. The lowest BCUT2D eigenvalue weighted by Gasteiger charge is -2.26. The van der Waals surface area contributed by atoms with E-state index in [0.717, 1.165) is 54.8 Å². The number of rotatable bonds is 6. The Kier molecular flexibility index (Phi) is 5.80. The minimum atomic E-state index is -0.0309. The van der Waals surface area contributed by atoms with Crippen LogP contribution in [0.5, 0.6) is 0 Å². The van der Waals surface area contributed by atoms with Gasteiger partial charge in [0, 0.05) is 36.0 Å². The summed E-state index contributed by atoms with van der Waals surface area (Å²) in [6.45, 7) is 4.73. The highest BCUT2D eigenvalue weighted by molar-refractivity contribution is 7.08. The minimum absolute atomic E-state index is 0.0309. The van der Waals surface area contributed by atoms with E-state index in [1.54, 1.807) is 16.0 Å². The first-order chi connectivity index (χ1) is 14.1. The topological polar surface area (TPSA) is 85.8 Å². The van der Waals surface area contributed by atoms with Crippen molar-refractivity contribution in [2.75, 3.05) is 6.54 Å². The summed E-state index contributed by atoms with van der Waals surface area (Å²) in [5.74, 6) is 2.11. The molecule has 0 bridgehead atoms. The minimum Gasteiger partial charge on any atom is -0.420 e. The number of aryl methyl sites for hydroxylation is 2. The first-order valence-electron chi connectivity index (χ1n) is 10.2. The van der Waals surface area contributed by atoms with Crippen LogP contribution in [0.4, 0.5) is 0 Å². The lowest BCUT2D eigenvalue weighted by Crippen LogP contribution is -2.32. The van der Waals surface area contributed by atoms with Crippen LogP contribution in [0, 0.1) is 12.8 Å². The van der Waals surface area contributed by atoms with Gasteiger partial charge >= 0.3 is 0 Å². The van der Waals surface area contributed by atoms with Gasteiger partial charge in [-0.15, -0.1) is 10.2 Å². The van der Waals surface area contributed by atoms with Gasteiger partial charge in [-0.2, -0.15) is 16.4 Å². The maximum Gasteiger partial charge on any atom is 0.269 e. The van der Waals surface area contributed by atoms with E-state index in [0.29, 0.717) is 30.0 Å². The number of aromatic nitrogens is 4. The van der Waals surface area contributed by atoms with Crippen LogP contribution in [0.25, 0.3) is 11.5 Å². The number of hydrogen-bond donors (Lipinski definition) is 1. The van der Waals surface area contributed by atoms with Gasteiger partial charge in [0.1, 0.15) is 5.69 Å². The molecule has 3 aromatic heterocycles. The molecule has 29 heavy (non-hydrogen) atoms. The Morgan fingerprint density at radius 1 is 1.31 bits per heavy atom. The van der Waals surface area contributed by atoms with Crippen molar-refractivity contribution in [3.63, 3.8) is 0 Å². The normalized spacial score (nSPS) is 19.4. The summed E-state index contributed by atoms with van der Waals surface area (Å²) >= 11 is 1.62. The second kappa shape index (κ2) is 8.49. The van der Waals surface area contributed by atoms with Crippen molar-refractivity contribution in [1.29, 1.82) is 0 Å². The van der Waals surface area contributed by atoms with Crippen molar-refractivity contribution in [3.8, 4) is 11.5 Å². The molecule has 1 saturated carbocycles. The van der Waals surface area contributed by atoms with Gasteiger partial charge in [0.2, 0.25) is 11.8 Å². The second-order valence-corrected chi connectivity index (χ2v) is 8.56. The SMILES string of the molecule is CCc1nn(C)c(C(=O)NCC2CCC(c3nnc(-c4ccsc4)o3)CC2)c1C. The fourth-order valence-electron chi connectivity index (χ4n) is 4.18. The van der Waals surface area contributed by atoms with Crippen LogP contribution in [-0.2, 0) is 13.5 Å². The zero-order valence-electron chi connectivity index (χ0n) is 17.1. The van der Waals surface area contributed by atoms with Crippen molar-refractivity contribution in [2.24, 2.45) is 13.0 Å². The molecule has 3 heterocycles. The number of nitrogens with one attached hydrogen (secondary N) is 1. The van der Waals surface area contributed by atoms with Gasteiger partial charge in [0.05, 0.1) is 5.69 Å². The van der Waals surface area contributed by atoms with Crippen LogP contribution >= 0.6 is 11.3 Å². The molecule has 8 heteroatoms. The maximum absolute atomic E-state index is 12.7. The standard InChI is InChI=1S/C21H27N5O2S/c1-4-17-13(2)18(26(3)25-17)19(27)22-11-14-5-7-15(8-6-14)20-23-24-21(28-20)16-9-10-29-12-16/h9-10,12,14-15H,4-8,11H2,1-3H3,(H,22,27). The third-order valence-electron chi connectivity index (χ3n) is 5.89. The van der Waals surface area contributed by atoms with Crippen LogP contribution < -0.4 is 5.32 Å². The van der Waals surface area contributed by atoms with Gasteiger partial charge in [-0.05, 0) is 56.4 Å². The Balaban J connectivity index is 1.29. The molecule has 1 fully saturated rings. The highest BCUT2D eigenvalue weighted by Gasteiger charge is 2.27. The Hall–Kier alpha value is -2.48. The van der Waals surface area contributed by atoms with E-state index in [4.69, 9.17) is 4.42 Å². The van der Waals surface area contributed by atoms with Crippen molar-refractivity contribution in [3.05, 3.63) is 39.7 Å². The molecular weight excluding hydrogens is 386 g/mol. The largest absolute Gasteiger partial charge is 0.420 e. The summed E-state index contributed by atoms with van der Waals surface area (Å²) in [6, 6.07) is 2.00. The molecule has 0 unspecified atom stereocenters. The number of nitrogens with zero attached hydrogens (tertiary/aromatic N) is 4. The van der Waals surface area contributed by atoms with E-state index in [1.807, 2.05) is 30.8 Å². The quantitative estimate of drug-likeness (QED) is 0.657. The Labute approximate surface area is 174 Å². The Morgan fingerprint density at radius 3 is 2.76 bits per heavy atom. The van der Waals surface area contributed by atoms with Gasteiger partial charge in [-0.1, -0.05) is 6.92 Å². The zero-order valence-corrected chi connectivity index (χ0v) is 18.0. The smallest absolute Gasteiger partial charge is 0.269 e. The third-order valence-corrected chi connectivity index (χ3v) is 6.57. The summed E-state index contributed by atoms with van der Waals surface area (Å²) in [5.41, 5.74) is 3.62. The van der Waals surface area contributed by atoms with E-state index in [2.05, 4.69) is 27.5 Å². The van der Waals surface area contributed by atoms with Crippen LogP contribution in [-0.4, -0.2) is 32.4 Å². The summed E-state index contributed by atoms with van der Waals surface area (Å²) in [7, 11) is 1.83. The number of thiophene rings is 1. The van der Waals surface area contributed by atoms with E-state index < -0.39 is 0 Å². The lowest BCUT2D eigenvalue weighted by atomic mass is 9.82. The van der Waals surface area contributed by atoms with E-state index in [9.17, 15) is 4.79 Å². The zero-order chi connectivity index (χ0) is 20.4. The van der Waals surface area contributed by atoms with Gasteiger partial charge < -0.3 is 9.73 Å². The fraction of sp³-hybridized carbons (Fsp3) is 0.524. The second-order valence-electron chi connectivity index (χ2n) is 7.78. The summed E-state index contributed by atoms with van der Waals surface area (Å²) in [6.07, 6.45) is 4.95. The molecule has 7 nitrogen and oxygen atoms in total. The summed E-state index contributed by atoms with van der Waals surface area (Å²) in [4.78, 5) is 12.7. The molecular formula is C21H27N5O2S. The molecule has 1 amide bonds. The van der Waals surface area contributed by atoms with Gasteiger partial charge in [0.25, 0.3) is 5.91 Å². The number of hydrogen-bond acceptors (Lipinski definition) is 6. The van der Waals surface area contributed by atoms with Crippen molar-refractivity contribution >= 4 is 17.2 Å². The lowest BCUT2D eigenvalue weighted by molar-refractivity contribution is 0.0932. The molecule has 4 rings (SSSR count). The molecule has 0 spiro atoms. The number of carbonyl (C=O) groups is 1. The molecule has 1 aliphatic rings. The van der Waals surface area contributed by atoms with E-state index in [1.165, 1.54) is 0 Å². The first-order valence-corrected chi connectivity index (χ1v) is 11.2. The van der Waals surface area contributed by atoms with Crippen molar-refractivity contribution < 1.29 is 9.21 Å². The highest BCUT2D eigenvalue weighted by atomic mass is 32.1. The molecule has 1 aliphatic carbocycles. The van der Waals surface area contributed by atoms with E-state index >= 15 is 0 Å². The predicted molar refractivity (Wildman–Crippen MR) is 112 cm³/mol. The van der Waals surface area contributed by atoms with E-state index in [-0.39, 0.29) is 5.91 Å². The Morgan fingerprint density at radius 2 is 2.10 bits per heavy atom.